The van der Waals surface area contributed by atoms with Gasteiger partial charge in [0.1, 0.15) is 17.1 Å². The fraction of sp³-hybridized carbons (Fsp3) is 0.381. The third-order valence-corrected chi connectivity index (χ3v) is 4.31. The molecule has 0 heterocycles. The lowest BCUT2D eigenvalue weighted by Gasteiger charge is -2.28. The number of carboxylic acid groups (broad SMARTS) is 1. The maximum Gasteiger partial charge on any atom is 0.339 e. The van der Waals surface area contributed by atoms with E-state index in [0.717, 1.165) is 16.7 Å². The van der Waals surface area contributed by atoms with Gasteiger partial charge in [0.25, 0.3) is 0 Å². The van der Waals surface area contributed by atoms with E-state index in [-0.39, 0.29) is 27.9 Å². The summed E-state index contributed by atoms with van der Waals surface area (Å²) in [6.07, 6.45) is 0. The van der Waals surface area contributed by atoms with E-state index in [1.165, 1.54) is 6.07 Å². The van der Waals surface area contributed by atoms with Crippen molar-refractivity contribution in [1.29, 1.82) is 0 Å². The Kier molecular flexibility index (Phi) is 4.60. The van der Waals surface area contributed by atoms with Crippen LogP contribution in [-0.2, 0) is 10.8 Å². The quantitative estimate of drug-likeness (QED) is 0.713. The molecule has 0 fully saturated rings. The van der Waals surface area contributed by atoms with Gasteiger partial charge in [-0.15, -0.1) is 0 Å². The van der Waals surface area contributed by atoms with Crippen molar-refractivity contribution < 1.29 is 20.1 Å². The summed E-state index contributed by atoms with van der Waals surface area (Å²) in [7, 11) is 0. The molecule has 2 aromatic carbocycles. The molecule has 0 aliphatic heterocycles. The number of carboxylic acids is 1. The minimum atomic E-state index is -1.17. The summed E-state index contributed by atoms with van der Waals surface area (Å²) < 4.78 is 0. The van der Waals surface area contributed by atoms with Crippen LogP contribution in [0.25, 0.3) is 11.1 Å². The van der Waals surface area contributed by atoms with E-state index in [0.29, 0.717) is 5.56 Å². The van der Waals surface area contributed by atoms with Crippen LogP contribution < -0.4 is 0 Å². The molecule has 0 amide bonds. The summed E-state index contributed by atoms with van der Waals surface area (Å²) in [6, 6.07) is 8.28. The van der Waals surface area contributed by atoms with Gasteiger partial charge in [-0.2, -0.15) is 0 Å². The Balaban J connectivity index is 2.89. The second-order valence-corrected chi connectivity index (χ2v) is 8.42. The molecule has 3 N–H and O–H groups in total. The van der Waals surface area contributed by atoms with Gasteiger partial charge in [-0.3, -0.25) is 0 Å². The number of rotatable bonds is 2. The van der Waals surface area contributed by atoms with Crippen molar-refractivity contribution in [2.45, 2.75) is 52.4 Å². The van der Waals surface area contributed by atoms with Crippen LogP contribution in [-0.4, -0.2) is 21.3 Å². The first kappa shape index (κ1) is 18.8. The maximum absolute atomic E-state index is 11.4. The highest BCUT2D eigenvalue weighted by Crippen LogP contribution is 2.44. The average Bonchev–Trinajstić information content (AvgIpc) is 2.45. The number of hydrogen-bond acceptors (Lipinski definition) is 3. The Morgan fingerprint density at radius 3 is 1.88 bits per heavy atom. The van der Waals surface area contributed by atoms with Gasteiger partial charge in [0, 0.05) is 5.56 Å². The summed E-state index contributed by atoms with van der Waals surface area (Å²) in [4.78, 5) is 11.4. The Morgan fingerprint density at radius 1 is 0.840 bits per heavy atom. The van der Waals surface area contributed by atoms with Gasteiger partial charge in [0.2, 0.25) is 0 Å². The lowest BCUT2D eigenvalue weighted by Crippen LogP contribution is -2.17. The van der Waals surface area contributed by atoms with Gasteiger partial charge in [-0.25, -0.2) is 4.79 Å². The number of phenolic OH excluding ortho intramolecular Hbond substituents is 1. The second-order valence-electron chi connectivity index (χ2n) is 8.42. The Labute approximate surface area is 148 Å². The molecule has 0 aliphatic carbocycles. The molecule has 0 saturated heterocycles. The van der Waals surface area contributed by atoms with Crippen molar-refractivity contribution in [3.8, 4) is 22.6 Å². The molecular weight excluding hydrogens is 316 g/mol. The highest BCUT2D eigenvalue weighted by molar-refractivity contribution is 5.94. The number of aromatic carboxylic acids is 1. The smallest absolute Gasteiger partial charge is 0.339 e. The predicted molar refractivity (Wildman–Crippen MR) is 99.6 cm³/mol. The molecule has 0 spiro atoms. The summed E-state index contributed by atoms with van der Waals surface area (Å²) in [5, 5.41) is 30.3. The highest BCUT2D eigenvalue weighted by atomic mass is 16.4. The van der Waals surface area contributed by atoms with E-state index in [2.05, 4.69) is 0 Å². The normalized spacial score (nSPS) is 12.2. The standard InChI is InChI=1S/C21H26O4/c1-20(2,3)15-11-17(22)16(21(4,5)6)10-14(15)12-8-7-9-13(18(12)23)19(24)25/h7-11,22-23H,1-6H3,(H,24,25). The first-order valence-electron chi connectivity index (χ1n) is 8.27. The summed E-state index contributed by atoms with van der Waals surface area (Å²) in [6.45, 7) is 12.0. The Morgan fingerprint density at radius 2 is 1.40 bits per heavy atom. The fourth-order valence-electron chi connectivity index (χ4n) is 2.97. The van der Waals surface area contributed by atoms with E-state index in [1.807, 2.05) is 47.6 Å². The molecule has 4 heteroatoms. The molecule has 0 aromatic heterocycles. The fourth-order valence-corrected chi connectivity index (χ4v) is 2.97. The van der Waals surface area contributed by atoms with Crippen molar-refractivity contribution in [2.75, 3.05) is 0 Å². The zero-order valence-corrected chi connectivity index (χ0v) is 15.6. The minimum Gasteiger partial charge on any atom is -0.508 e. The van der Waals surface area contributed by atoms with Crippen LogP contribution in [0.1, 0.15) is 63.0 Å². The third kappa shape index (κ3) is 3.63. The molecular formula is C21H26O4. The lowest BCUT2D eigenvalue weighted by molar-refractivity contribution is 0.0694. The minimum absolute atomic E-state index is 0.136. The largest absolute Gasteiger partial charge is 0.508 e. The molecule has 2 aromatic rings. The van der Waals surface area contributed by atoms with Crippen LogP contribution >= 0.6 is 0 Å². The number of para-hydroxylation sites is 1. The number of benzene rings is 2. The average molecular weight is 342 g/mol. The van der Waals surface area contributed by atoms with E-state index in [1.54, 1.807) is 18.2 Å². The molecule has 0 aliphatic rings. The molecule has 0 bridgehead atoms. The number of hydrogen-bond donors (Lipinski definition) is 3. The molecule has 0 unspecified atom stereocenters. The first-order valence-corrected chi connectivity index (χ1v) is 8.27. The van der Waals surface area contributed by atoms with Gasteiger partial charge in [-0.05, 0) is 45.7 Å². The van der Waals surface area contributed by atoms with Crippen molar-refractivity contribution in [2.24, 2.45) is 0 Å². The van der Waals surface area contributed by atoms with Crippen molar-refractivity contribution in [1.82, 2.24) is 0 Å². The summed E-state index contributed by atoms with van der Waals surface area (Å²) in [5.41, 5.74) is 2.05. The topological polar surface area (TPSA) is 77.8 Å². The summed E-state index contributed by atoms with van der Waals surface area (Å²) in [5.74, 6) is -1.23. The second kappa shape index (κ2) is 6.10. The number of phenols is 2. The molecule has 134 valence electrons. The highest BCUT2D eigenvalue weighted by Gasteiger charge is 2.27. The Bertz CT molecular complexity index is 821. The molecule has 25 heavy (non-hydrogen) atoms. The van der Waals surface area contributed by atoms with Gasteiger partial charge < -0.3 is 15.3 Å². The lowest BCUT2D eigenvalue weighted by atomic mass is 9.77. The molecule has 2 rings (SSSR count). The van der Waals surface area contributed by atoms with Crippen molar-refractivity contribution in [3.05, 3.63) is 47.0 Å². The van der Waals surface area contributed by atoms with E-state index in [9.17, 15) is 20.1 Å². The SMILES string of the molecule is CC(C)(C)c1cc(-c2cccc(C(=O)O)c2O)c(C(C)(C)C)cc1O. The van der Waals surface area contributed by atoms with E-state index in [4.69, 9.17) is 0 Å². The van der Waals surface area contributed by atoms with Crippen LogP contribution in [0.4, 0.5) is 0 Å². The monoisotopic (exact) mass is 342 g/mol. The van der Waals surface area contributed by atoms with Crippen LogP contribution in [0.15, 0.2) is 30.3 Å². The van der Waals surface area contributed by atoms with Gasteiger partial charge in [0.15, 0.2) is 0 Å². The first-order chi connectivity index (χ1) is 11.3. The zero-order valence-electron chi connectivity index (χ0n) is 15.6. The van der Waals surface area contributed by atoms with Crippen LogP contribution in [0, 0.1) is 0 Å². The zero-order chi connectivity index (χ0) is 19.2. The number of carbonyl (C=O) groups is 1. The maximum atomic E-state index is 11.4. The van der Waals surface area contributed by atoms with Crippen molar-refractivity contribution in [3.63, 3.8) is 0 Å². The molecule has 0 saturated carbocycles. The molecule has 0 atom stereocenters. The van der Waals surface area contributed by atoms with Crippen LogP contribution in [0.3, 0.4) is 0 Å². The van der Waals surface area contributed by atoms with Gasteiger partial charge >= 0.3 is 5.97 Å². The van der Waals surface area contributed by atoms with Gasteiger partial charge in [-0.1, -0.05) is 53.7 Å². The molecule has 0 radical (unpaired) electrons. The number of aromatic hydroxyl groups is 2. The van der Waals surface area contributed by atoms with E-state index < -0.39 is 5.97 Å². The van der Waals surface area contributed by atoms with Crippen LogP contribution in [0.5, 0.6) is 11.5 Å². The van der Waals surface area contributed by atoms with E-state index >= 15 is 0 Å². The van der Waals surface area contributed by atoms with Gasteiger partial charge in [0.05, 0.1) is 0 Å². The summed E-state index contributed by atoms with van der Waals surface area (Å²) >= 11 is 0. The molecule has 4 nitrogen and oxygen atoms in total. The third-order valence-electron chi connectivity index (χ3n) is 4.31. The van der Waals surface area contributed by atoms with Crippen molar-refractivity contribution >= 4 is 5.97 Å². The predicted octanol–water partition coefficient (Wildman–Crippen LogP) is 5.06. The Hall–Kier alpha value is -2.49. The van der Waals surface area contributed by atoms with Crippen LogP contribution in [0.2, 0.25) is 0 Å².